The van der Waals surface area contributed by atoms with Crippen LogP contribution in [0, 0.1) is 0 Å². The number of hydrazone groups is 1. The van der Waals surface area contributed by atoms with E-state index in [1.165, 1.54) is 0 Å². The quantitative estimate of drug-likeness (QED) is 0.572. The molecule has 0 fully saturated rings. The Balaban J connectivity index is 1.76. The fraction of sp³-hybridized carbons (Fsp3) is 0.0526. The number of rotatable bonds is 4. The van der Waals surface area contributed by atoms with E-state index in [2.05, 4.69) is 10.5 Å². The van der Waals surface area contributed by atoms with Crippen molar-refractivity contribution in [3.8, 4) is 11.5 Å². The molecule has 0 aliphatic heterocycles. The zero-order valence-corrected chi connectivity index (χ0v) is 13.1. The van der Waals surface area contributed by atoms with E-state index in [1.54, 1.807) is 49.7 Å². The van der Waals surface area contributed by atoms with E-state index in [4.69, 9.17) is 4.74 Å². The smallest absolute Gasteiger partial charge is 0.271 e. The number of phenols is 1. The molecule has 2 N–H and O–H groups in total. The van der Waals surface area contributed by atoms with Crippen LogP contribution in [0.4, 0.5) is 0 Å². The molecule has 24 heavy (non-hydrogen) atoms. The van der Waals surface area contributed by atoms with Crippen molar-refractivity contribution in [2.75, 3.05) is 7.11 Å². The molecule has 3 aromatic rings. The van der Waals surface area contributed by atoms with Crippen LogP contribution >= 0.6 is 0 Å². The molecule has 0 aliphatic rings. The molecule has 1 amide bonds. The number of nitrogens with zero attached hydrogens (tertiary/aromatic N) is 1. The highest BCUT2D eigenvalue weighted by Crippen LogP contribution is 2.26. The first-order chi connectivity index (χ1) is 11.7. The van der Waals surface area contributed by atoms with Gasteiger partial charge in [0.2, 0.25) is 0 Å². The molecule has 0 spiro atoms. The van der Waals surface area contributed by atoms with Gasteiger partial charge >= 0.3 is 0 Å². The Bertz CT molecular complexity index is 902. The molecular formula is C19H16N2O3. The van der Waals surface area contributed by atoms with Crippen LogP contribution in [-0.4, -0.2) is 24.3 Å². The molecule has 0 heterocycles. The molecule has 0 aliphatic carbocycles. The minimum atomic E-state index is -0.308. The lowest BCUT2D eigenvalue weighted by atomic mass is 10.0. The molecule has 0 bridgehead atoms. The predicted molar refractivity (Wildman–Crippen MR) is 93.7 cm³/mol. The summed E-state index contributed by atoms with van der Waals surface area (Å²) >= 11 is 0. The highest BCUT2D eigenvalue weighted by molar-refractivity contribution is 6.02. The number of carbonyl (C=O) groups is 1. The van der Waals surface area contributed by atoms with Crippen LogP contribution < -0.4 is 10.2 Å². The number of hydrogen-bond acceptors (Lipinski definition) is 4. The number of carbonyl (C=O) groups excluding carboxylic acids is 1. The third-order valence-corrected chi connectivity index (χ3v) is 3.66. The zero-order chi connectivity index (χ0) is 16.9. The number of amides is 1. The van der Waals surface area contributed by atoms with Crippen LogP contribution in [0.2, 0.25) is 0 Å². The number of methoxy groups -OCH3 is 1. The first-order valence-corrected chi connectivity index (χ1v) is 7.37. The molecule has 3 rings (SSSR count). The molecule has 3 aromatic carbocycles. The lowest BCUT2D eigenvalue weighted by molar-refractivity contribution is 0.0955. The lowest BCUT2D eigenvalue weighted by Crippen LogP contribution is -2.17. The summed E-state index contributed by atoms with van der Waals surface area (Å²) in [7, 11) is 1.57. The van der Waals surface area contributed by atoms with Crippen LogP contribution in [0.3, 0.4) is 0 Å². The van der Waals surface area contributed by atoms with Gasteiger partial charge in [-0.2, -0.15) is 5.10 Å². The molecule has 0 aromatic heterocycles. The van der Waals surface area contributed by atoms with Crippen molar-refractivity contribution in [2.24, 2.45) is 5.10 Å². The van der Waals surface area contributed by atoms with Gasteiger partial charge in [-0.05, 0) is 41.8 Å². The first kappa shape index (κ1) is 15.6. The summed E-state index contributed by atoms with van der Waals surface area (Å²) in [6, 6.07) is 17.6. The van der Waals surface area contributed by atoms with Gasteiger partial charge in [-0.25, -0.2) is 5.43 Å². The topological polar surface area (TPSA) is 70.9 Å². The molecule has 0 atom stereocenters. The van der Waals surface area contributed by atoms with Crippen molar-refractivity contribution in [1.29, 1.82) is 0 Å². The maximum Gasteiger partial charge on any atom is 0.271 e. The second kappa shape index (κ2) is 6.83. The number of phenolic OH excluding ortho intramolecular Hbond substituents is 1. The fourth-order valence-electron chi connectivity index (χ4n) is 2.39. The molecule has 0 saturated carbocycles. The highest BCUT2D eigenvalue weighted by atomic mass is 16.5. The standard InChI is InChI=1S/C19H16N2O3/c1-24-15-9-6-13(7-10-15)19(23)21-20-12-14-8-11-18(22)17-5-3-2-4-16(14)17/h2-12,22H,1H3,(H,21,23). The molecule has 0 radical (unpaired) electrons. The molecule has 120 valence electrons. The number of benzene rings is 3. The van der Waals surface area contributed by atoms with Gasteiger partial charge < -0.3 is 9.84 Å². The normalized spacial score (nSPS) is 10.9. The van der Waals surface area contributed by atoms with Crippen LogP contribution in [-0.2, 0) is 0 Å². The Morgan fingerprint density at radius 2 is 1.75 bits per heavy atom. The number of ether oxygens (including phenoxy) is 1. The Kier molecular flexibility index (Phi) is 4.43. The highest BCUT2D eigenvalue weighted by Gasteiger charge is 2.05. The zero-order valence-electron chi connectivity index (χ0n) is 13.1. The van der Waals surface area contributed by atoms with Crippen molar-refractivity contribution < 1.29 is 14.6 Å². The second-order valence-corrected chi connectivity index (χ2v) is 5.15. The van der Waals surface area contributed by atoms with Gasteiger partial charge in [-0.15, -0.1) is 0 Å². The summed E-state index contributed by atoms with van der Waals surface area (Å²) in [5.74, 6) is 0.590. The molecule has 5 heteroatoms. The van der Waals surface area contributed by atoms with Gasteiger partial charge in [0, 0.05) is 16.5 Å². The van der Waals surface area contributed by atoms with Gasteiger partial charge in [-0.1, -0.05) is 24.3 Å². The van der Waals surface area contributed by atoms with Crippen molar-refractivity contribution >= 4 is 22.9 Å². The van der Waals surface area contributed by atoms with E-state index < -0.39 is 0 Å². The van der Waals surface area contributed by atoms with Gasteiger partial charge in [0.05, 0.1) is 13.3 Å². The summed E-state index contributed by atoms with van der Waals surface area (Å²) in [4.78, 5) is 12.0. The van der Waals surface area contributed by atoms with E-state index in [1.807, 2.05) is 24.3 Å². The first-order valence-electron chi connectivity index (χ1n) is 7.37. The van der Waals surface area contributed by atoms with Gasteiger partial charge in [0.1, 0.15) is 11.5 Å². The van der Waals surface area contributed by atoms with Crippen LogP contribution in [0.5, 0.6) is 11.5 Å². The second-order valence-electron chi connectivity index (χ2n) is 5.15. The van der Waals surface area contributed by atoms with Gasteiger partial charge in [-0.3, -0.25) is 4.79 Å². The summed E-state index contributed by atoms with van der Waals surface area (Å²) in [5, 5.41) is 15.5. The number of aromatic hydroxyl groups is 1. The Morgan fingerprint density at radius 1 is 1.04 bits per heavy atom. The Labute approximate surface area is 139 Å². The predicted octanol–water partition coefficient (Wildman–Crippen LogP) is 3.32. The minimum Gasteiger partial charge on any atom is -0.507 e. The van der Waals surface area contributed by atoms with E-state index >= 15 is 0 Å². The van der Waals surface area contributed by atoms with Crippen LogP contribution in [0.15, 0.2) is 65.8 Å². The van der Waals surface area contributed by atoms with Crippen molar-refractivity contribution in [2.45, 2.75) is 0 Å². The van der Waals surface area contributed by atoms with Crippen LogP contribution in [0.1, 0.15) is 15.9 Å². The average Bonchev–Trinajstić information content (AvgIpc) is 2.64. The molecule has 0 saturated heterocycles. The minimum absolute atomic E-state index is 0.213. The number of fused-ring (bicyclic) bond motifs is 1. The maximum atomic E-state index is 12.0. The molecule has 5 nitrogen and oxygen atoms in total. The summed E-state index contributed by atoms with van der Waals surface area (Å²) in [5.41, 5.74) is 3.78. The van der Waals surface area contributed by atoms with Crippen LogP contribution in [0.25, 0.3) is 10.8 Å². The lowest BCUT2D eigenvalue weighted by Gasteiger charge is -2.04. The van der Waals surface area contributed by atoms with Gasteiger partial charge in [0.15, 0.2) is 0 Å². The largest absolute Gasteiger partial charge is 0.507 e. The fourth-order valence-corrected chi connectivity index (χ4v) is 2.39. The van der Waals surface area contributed by atoms with Crippen molar-refractivity contribution in [3.63, 3.8) is 0 Å². The summed E-state index contributed by atoms with van der Waals surface area (Å²) < 4.78 is 5.06. The maximum absolute atomic E-state index is 12.0. The van der Waals surface area contributed by atoms with E-state index in [0.717, 1.165) is 16.3 Å². The average molecular weight is 320 g/mol. The molecule has 0 unspecified atom stereocenters. The SMILES string of the molecule is COc1ccc(C(=O)NN=Cc2ccc(O)c3ccccc23)cc1. The Hall–Kier alpha value is -3.34. The molecular weight excluding hydrogens is 304 g/mol. The summed E-state index contributed by atoms with van der Waals surface area (Å²) in [6.45, 7) is 0. The monoisotopic (exact) mass is 320 g/mol. The van der Waals surface area contributed by atoms with Crippen molar-refractivity contribution in [1.82, 2.24) is 5.43 Å². The third kappa shape index (κ3) is 3.20. The van der Waals surface area contributed by atoms with E-state index in [0.29, 0.717) is 11.3 Å². The number of nitrogens with one attached hydrogen (secondary N) is 1. The van der Waals surface area contributed by atoms with E-state index in [-0.39, 0.29) is 11.7 Å². The van der Waals surface area contributed by atoms with E-state index in [9.17, 15) is 9.90 Å². The van der Waals surface area contributed by atoms with Crippen molar-refractivity contribution in [3.05, 3.63) is 71.8 Å². The summed E-state index contributed by atoms with van der Waals surface area (Å²) in [6.07, 6.45) is 1.56. The number of hydrogen-bond donors (Lipinski definition) is 2. The van der Waals surface area contributed by atoms with Gasteiger partial charge in [0.25, 0.3) is 5.91 Å². The third-order valence-electron chi connectivity index (χ3n) is 3.66. The Morgan fingerprint density at radius 3 is 2.46 bits per heavy atom.